The van der Waals surface area contributed by atoms with Crippen LogP contribution in [0.25, 0.3) is 0 Å². The lowest BCUT2D eigenvalue weighted by atomic mass is 10.0. The molecule has 232 valence electrons. The number of rotatable bonds is 23. The number of ether oxygens (including phenoxy) is 1. The predicted molar refractivity (Wildman–Crippen MR) is 164 cm³/mol. The number of alkyl carbamates (subject to hydrolysis) is 1. The van der Waals surface area contributed by atoms with Crippen molar-refractivity contribution in [2.45, 2.75) is 160 Å². The molecule has 0 aromatic carbocycles. The van der Waals surface area contributed by atoms with E-state index >= 15 is 0 Å². The van der Waals surface area contributed by atoms with Crippen molar-refractivity contribution in [1.82, 2.24) is 10.6 Å². The van der Waals surface area contributed by atoms with Gasteiger partial charge in [0.2, 0.25) is 5.91 Å². The topological polar surface area (TPSA) is 108 Å². The summed E-state index contributed by atoms with van der Waals surface area (Å²) >= 11 is 0. The van der Waals surface area contributed by atoms with Gasteiger partial charge >= 0.3 is 6.09 Å². The molecule has 1 aliphatic carbocycles. The van der Waals surface area contributed by atoms with E-state index in [0.717, 1.165) is 51.4 Å². The molecule has 0 radical (unpaired) electrons. The van der Waals surface area contributed by atoms with Crippen LogP contribution in [0.1, 0.15) is 142 Å². The van der Waals surface area contributed by atoms with Gasteiger partial charge in [-0.2, -0.15) is 0 Å². The maximum absolute atomic E-state index is 12.3. The molecule has 0 fully saturated rings. The van der Waals surface area contributed by atoms with Gasteiger partial charge in [0.25, 0.3) is 0 Å². The van der Waals surface area contributed by atoms with Gasteiger partial charge < -0.3 is 25.6 Å². The van der Waals surface area contributed by atoms with E-state index in [-0.39, 0.29) is 24.6 Å². The summed E-state index contributed by atoms with van der Waals surface area (Å²) < 4.78 is 5.29. The fourth-order valence-electron chi connectivity index (χ4n) is 5.06. The molecule has 0 aliphatic heterocycles. The van der Waals surface area contributed by atoms with Crippen LogP contribution < -0.4 is 10.6 Å². The molecule has 4 N–H and O–H groups in total. The van der Waals surface area contributed by atoms with Crippen LogP contribution in [-0.2, 0) is 9.53 Å². The second-order valence-corrected chi connectivity index (χ2v) is 11.4. The van der Waals surface area contributed by atoms with Crippen molar-refractivity contribution in [3.05, 3.63) is 24.3 Å². The first-order valence-corrected chi connectivity index (χ1v) is 16.4. The zero-order valence-corrected chi connectivity index (χ0v) is 25.4. The van der Waals surface area contributed by atoms with Gasteiger partial charge in [-0.3, -0.25) is 4.79 Å². The third-order valence-corrected chi connectivity index (χ3v) is 7.64. The molecule has 40 heavy (non-hydrogen) atoms. The summed E-state index contributed by atoms with van der Waals surface area (Å²) in [7, 11) is 0. The van der Waals surface area contributed by atoms with Crippen molar-refractivity contribution in [2.75, 3.05) is 13.2 Å². The minimum atomic E-state index is -0.901. The quantitative estimate of drug-likeness (QED) is 0.0772. The minimum absolute atomic E-state index is 0.176. The SMILES string of the molecule is CCCCCCCCCCCCC/C=C/[C@@H](O)[C@H](CO)NC(=O)CCCCCOC(=O)NC1CC/C=C/CCC1. The maximum atomic E-state index is 12.3. The first-order valence-electron chi connectivity index (χ1n) is 16.4. The predicted octanol–water partition coefficient (Wildman–Crippen LogP) is 7.26. The van der Waals surface area contributed by atoms with E-state index in [0.29, 0.717) is 25.9 Å². The molecule has 0 aromatic rings. The summed E-state index contributed by atoms with van der Waals surface area (Å²) in [6.45, 7) is 2.28. The van der Waals surface area contributed by atoms with E-state index in [4.69, 9.17) is 4.74 Å². The molecule has 0 bridgehead atoms. The summed E-state index contributed by atoms with van der Waals surface area (Å²) in [5.41, 5.74) is 0. The van der Waals surface area contributed by atoms with E-state index in [1.807, 2.05) is 6.08 Å². The molecule has 1 aliphatic rings. The third-order valence-electron chi connectivity index (χ3n) is 7.64. The highest BCUT2D eigenvalue weighted by atomic mass is 16.5. The number of carbonyl (C=O) groups is 2. The van der Waals surface area contributed by atoms with Crippen LogP contribution in [0.3, 0.4) is 0 Å². The van der Waals surface area contributed by atoms with Gasteiger partial charge in [-0.15, -0.1) is 0 Å². The van der Waals surface area contributed by atoms with Crippen LogP contribution in [0.5, 0.6) is 0 Å². The fraction of sp³-hybridized carbons (Fsp3) is 0.818. The Kier molecular flexibility index (Phi) is 23.6. The van der Waals surface area contributed by atoms with Gasteiger partial charge in [0, 0.05) is 12.5 Å². The van der Waals surface area contributed by atoms with Gasteiger partial charge in [0.15, 0.2) is 0 Å². The van der Waals surface area contributed by atoms with E-state index in [2.05, 4.69) is 29.7 Å². The van der Waals surface area contributed by atoms with Gasteiger partial charge in [0.1, 0.15) is 0 Å². The zero-order chi connectivity index (χ0) is 29.1. The van der Waals surface area contributed by atoms with E-state index in [9.17, 15) is 19.8 Å². The number of amides is 2. The Morgan fingerprint density at radius 3 is 2.25 bits per heavy atom. The lowest BCUT2D eigenvalue weighted by Crippen LogP contribution is -2.45. The van der Waals surface area contributed by atoms with E-state index in [1.165, 1.54) is 64.2 Å². The molecule has 0 saturated carbocycles. The fourth-order valence-corrected chi connectivity index (χ4v) is 5.06. The molecule has 7 nitrogen and oxygen atoms in total. The molecule has 1 unspecified atom stereocenters. The number of nitrogens with one attached hydrogen (secondary N) is 2. The van der Waals surface area contributed by atoms with Crippen molar-refractivity contribution in [2.24, 2.45) is 0 Å². The Labute approximate surface area is 244 Å². The molecule has 1 rings (SSSR count). The summed E-state index contributed by atoms with van der Waals surface area (Å²) in [4.78, 5) is 24.3. The van der Waals surface area contributed by atoms with Gasteiger partial charge in [-0.25, -0.2) is 4.79 Å². The molecule has 2 amide bonds. The van der Waals surface area contributed by atoms with Crippen molar-refractivity contribution < 1.29 is 24.5 Å². The van der Waals surface area contributed by atoms with Crippen molar-refractivity contribution in [3.8, 4) is 0 Å². The minimum Gasteiger partial charge on any atom is -0.450 e. The number of aliphatic hydroxyl groups excluding tert-OH is 2. The summed E-state index contributed by atoms with van der Waals surface area (Å²) in [5, 5.41) is 25.7. The number of aliphatic hydroxyl groups is 2. The first-order chi connectivity index (χ1) is 19.6. The van der Waals surface area contributed by atoms with Crippen LogP contribution in [0, 0.1) is 0 Å². The maximum Gasteiger partial charge on any atom is 0.407 e. The molecular weight excluding hydrogens is 504 g/mol. The van der Waals surface area contributed by atoms with Crippen LogP contribution in [0.2, 0.25) is 0 Å². The highest BCUT2D eigenvalue weighted by molar-refractivity contribution is 5.76. The van der Waals surface area contributed by atoms with Gasteiger partial charge in [-0.1, -0.05) is 95.4 Å². The van der Waals surface area contributed by atoms with E-state index in [1.54, 1.807) is 6.08 Å². The summed E-state index contributed by atoms with van der Waals surface area (Å²) in [5.74, 6) is -0.186. The second kappa shape index (κ2) is 26.1. The Hall–Kier alpha value is -1.86. The van der Waals surface area contributed by atoms with Crippen molar-refractivity contribution >= 4 is 12.0 Å². The first kappa shape index (κ1) is 36.2. The zero-order valence-electron chi connectivity index (χ0n) is 25.4. The number of hydrogen-bond acceptors (Lipinski definition) is 5. The van der Waals surface area contributed by atoms with Crippen LogP contribution in [0.15, 0.2) is 24.3 Å². The Balaban J connectivity index is 2.03. The van der Waals surface area contributed by atoms with Crippen LogP contribution in [0.4, 0.5) is 4.79 Å². The van der Waals surface area contributed by atoms with Crippen molar-refractivity contribution in [1.29, 1.82) is 0 Å². The average molecular weight is 565 g/mol. The molecule has 7 heteroatoms. The van der Waals surface area contributed by atoms with Gasteiger partial charge in [0.05, 0.1) is 25.4 Å². The molecule has 0 spiro atoms. The average Bonchev–Trinajstić information content (AvgIpc) is 2.93. The van der Waals surface area contributed by atoms with Crippen molar-refractivity contribution in [3.63, 3.8) is 0 Å². The number of unbranched alkanes of at least 4 members (excludes halogenated alkanes) is 13. The van der Waals surface area contributed by atoms with Crippen LogP contribution in [-0.4, -0.2) is 53.6 Å². The third kappa shape index (κ3) is 21.0. The van der Waals surface area contributed by atoms with Gasteiger partial charge in [-0.05, 0) is 64.2 Å². The standard InChI is InChI=1S/C33H60N2O5/c1-2-3-4-5-6-7-8-9-10-11-12-16-20-25-31(37)30(28-36)35-32(38)26-21-17-22-27-40-33(39)34-29-23-18-14-13-15-19-24-29/h13-14,20,25,29-31,36-37H,2-12,15-19,21-24,26-28H2,1H3,(H,34,39)(H,35,38)/b14-13+,25-20+/t29?,30-,31+/m0/s1. The lowest BCUT2D eigenvalue weighted by molar-refractivity contribution is -0.123. The van der Waals surface area contributed by atoms with Crippen LogP contribution >= 0.6 is 0 Å². The highest BCUT2D eigenvalue weighted by Gasteiger charge is 2.18. The normalized spacial score (nSPS) is 18.0. The Bertz CT molecular complexity index is 682. The largest absolute Gasteiger partial charge is 0.450 e. The molecule has 3 atom stereocenters. The Morgan fingerprint density at radius 2 is 1.55 bits per heavy atom. The number of hydrogen-bond donors (Lipinski definition) is 4. The summed E-state index contributed by atoms with van der Waals surface area (Å²) in [6, 6.07) is -0.521. The molecular formula is C33H60N2O5. The number of carbonyl (C=O) groups excluding carboxylic acids is 2. The second-order valence-electron chi connectivity index (χ2n) is 11.4. The molecule has 0 saturated heterocycles. The lowest BCUT2D eigenvalue weighted by Gasteiger charge is -2.20. The smallest absolute Gasteiger partial charge is 0.407 e. The monoisotopic (exact) mass is 564 g/mol. The van der Waals surface area contributed by atoms with E-state index < -0.39 is 12.1 Å². The molecule has 0 aromatic heterocycles. The number of allylic oxidation sites excluding steroid dienone is 3. The summed E-state index contributed by atoms with van der Waals surface area (Å²) in [6.07, 6.45) is 29.5. The Morgan fingerprint density at radius 1 is 0.900 bits per heavy atom. The highest BCUT2D eigenvalue weighted by Crippen LogP contribution is 2.13. The molecule has 0 heterocycles.